The summed E-state index contributed by atoms with van der Waals surface area (Å²) in [6.45, 7) is 3.91. The van der Waals surface area contributed by atoms with Crippen molar-refractivity contribution in [3.05, 3.63) is 48.0 Å². The Hall–Kier alpha value is -2.63. The third-order valence-corrected chi connectivity index (χ3v) is 4.76. The Balaban J connectivity index is 1.38. The number of H-pyrrole nitrogens is 1. The van der Waals surface area contributed by atoms with Crippen molar-refractivity contribution in [2.45, 2.75) is 32.2 Å². The largest absolute Gasteiger partial charge is 0.357 e. The molecule has 1 saturated heterocycles. The fourth-order valence-corrected chi connectivity index (χ4v) is 3.43. The van der Waals surface area contributed by atoms with Crippen molar-refractivity contribution in [3.8, 4) is 0 Å². The number of aromatic amines is 1. The van der Waals surface area contributed by atoms with Crippen LogP contribution in [0.4, 0.5) is 0 Å². The number of carbonyl (C=O) groups excluding carboxylic acids is 1. The number of aryl methyl sites for hydroxylation is 1. The fraction of sp³-hybridized carbons (Fsp3) is 0.389. The zero-order valence-electron chi connectivity index (χ0n) is 13.8. The zero-order chi connectivity index (χ0) is 16.5. The topological polar surface area (TPSA) is 66.8 Å². The molecule has 1 aliphatic rings. The van der Waals surface area contributed by atoms with Gasteiger partial charge in [-0.1, -0.05) is 0 Å². The highest BCUT2D eigenvalue weighted by Crippen LogP contribution is 2.29. The molecule has 0 aliphatic carbocycles. The highest BCUT2D eigenvalue weighted by Gasteiger charge is 2.25. The lowest BCUT2D eigenvalue weighted by atomic mass is 9.93. The number of carbonyl (C=O) groups is 1. The fourth-order valence-electron chi connectivity index (χ4n) is 3.43. The zero-order valence-corrected chi connectivity index (χ0v) is 13.8. The molecule has 0 bridgehead atoms. The van der Waals surface area contributed by atoms with Crippen molar-refractivity contribution < 1.29 is 4.79 Å². The molecular weight excluding hydrogens is 302 g/mol. The lowest BCUT2D eigenvalue weighted by Crippen LogP contribution is -2.39. The van der Waals surface area contributed by atoms with Crippen LogP contribution in [0.3, 0.4) is 0 Å². The van der Waals surface area contributed by atoms with E-state index in [0.717, 1.165) is 42.5 Å². The Kier molecular flexibility index (Phi) is 3.80. The van der Waals surface area contributed by atoms with Gasteiger partial charge in [-0.25, -0.2) is 0 Å². The van der Waals surface area contributed by atoms with Crippen LogP contribution < -0.4 is 0 Å². The van der Waals surface area contributed by atoms with Crippen LogP contribution in [0.15, 0.2) is 36.8 Å². The van der Waals surface area contributed by atoms with Gasteiger partial charge < -0.3 is 9.88 Å². The molecule has 4 rings (SSSR count). The average Bonchev–Trinajstić information content (AvgIpc) is 3.21. The molecule has 0 saturated carbocycles. The number of nitrogens with one attached hydrogen (secondary N) is 1. The van der Waals surface area contributed by atoms with Gasteiger partial charge in [0.1, 0.15) is 6.54 Å². The van der Waals surface area contributed by atoms with E-state index < -0.39 is 0 Å². The van der Waals surface area contributed by atoms with Crippen molar-refractivity contribution >= 4 is 16.9 Å². The van der Waals surface area contributed by atoms with E-state index in [-0.39, 0.29) is 5.91 Å². The van der Waals surface area contributed by atoms with E-state index in [2.05, 4.69) is 27.2 Å². The number of rotatable bonds is 3. The molecule has 0 aromatic carbocycles. The average molecular weight is 323 g/mol. The molecule has 1 aliphatic heterocycles. The molecule has 4 heterocycles. The molecule has 24 heavy (non-hydrogen) atoms. The SMILES string of the molecule is Cc1cnn(CC(=O)N2CCC(c3cc4ncccc4[nH]3)CC2)c1. The molecule has 0 radical (unpaired) electrons. The van der Waals surface area contributed by atoms with Gasteiger partial charge in [0.2, 0.25) is 5.91 Å². The van der Waals surface area contributed by atoms with Gasteiger partial charge in [-0.2, -0.15) is 5.10 Å². The van der Waals surface area contributed by atoms with Gasteiger partial charge in [-0.3, -0.25) is 14.5 Å². The number of piperidine rings is 1. The predicted molar refractivity (Wildman–Crippen MR) is 91.6 cm³/mol. The van der Waals surface area contributed by atoms with E-state index >= 15 is 0 Å². The molecule has 0 unspecified atom stereocenters. The molecule has 1 fully saturated rings. The Morgan fingerprint density at radius 1 is 1.38 bits per heavy atom. The summed E-state index contributed by atoms with van der Waals surface area (Å²) >= 11 is 0. The van der Waals surface area contributed by atoms with Crippen molar-refractivity contribution in [1.29, 1.82) is 0 Å². The van der Waals surface area contributed by atoms with E-state index in [1.807, 2.05) is 30.3 Å². The van der Waals surface area contributed by atoms with Crippen LogP contribution in [-0.2, 0) is 11.3 Å². The first kappa shape index (κ1) is 14.9. The molecule has 124 valence electrons. The summed E-state index contributed by atoms with van der Waals surface area (Å²) in [5.41, 5.74) is 4.41. The van der Waals surface area contributed by atoms with Gasteiger partial charge >= 0.3 is 0 Å². The van der Waals surface area contributed by atoms with Gasteiger partial charge in [-0.15, -0.1) is 0 Å². The molecule has 6 nitrogen and oxygen atoms in total. The Labute approximate surface area is 140 Å². The maximum Gasteiger partial charge on any atom is 0.244 e. The second kappa shape index (κ2) is 6.11. The summed E-state index contributed by atoms with van der Waals surface area (Å²) in [5, 5.41) is 4.19. The van der Waals surface area contributed by atoms with Crippen molar-refractivity contribution in [1.82, 2.24) is 24.6 Å². The minimum atomic E-state index is 0.148. The van der Waals surface area contributed by atoms with Gasteiger partial charge in [0.05, 0.1) is 17.2 Å². The van der Waals surface area contributed by atoms with Crippen LogP contribution >= 0.6 is 0 Å². The number of hydrogen-bond donors (Lipinski definition) is 1. The highest BCUT2D eigenvalue weighted by atomic mass is 16.2. The summed E-state index contributed by atoms with van der Waals surface area (Å²) < 4.78 is 1.72. The predicted octanol–water partition coefficient (Wildman–Crippen LogP) is 2.47. The number of likely N-dealkylation sites (tertiary alicyclic amines) is 1. The van der Waals surface area contributed by atoms with Gasteiger partial charge in [0.25, 0.3) is 0 Å². The monoisotopic (exact) mass is 323 g/mol. The second-order valence-corrected chi connectivity index (χ2v) is 6.53. The van der Waals surface area contributed by atoms with Gasteiger partial charge in [-0.05, 0) is 43.5 Å². The van der Waals surface area contributed by atoms with E-state index in [9.17, 15) is 4.79 Å². The first-order valence-corrected chi connectivity index (χ1v) is 8.39. The second-order valence-electron chi connectivity index (χ2n) is 6.53. The normalized spacial score (nSPS) is 16.0. The minimum absolute atomic E-state index is 0.148. The van der Waals surface area contributed by atoms with Crippen LogP contribution in [-0.4, -0.2) is 43.6 Å². The Morgan fingerprint density at radius 3 is 2.92 bits per heavy atom. The van der Waals surface area contributed by atoms with Crippen molar-refractivity contribution in [2.75, 3.05) is 13.1 Å². The van der Waals surface area contributed by atoms with Crippen molar-refractivity contribution in [3.63, 3.8) is 0 Å². The lowest BCUT2D eigenvalue weighted by Gasteiger charge is -2.31. The Morgan fingerprint density at radius 2 is 2.21 bits per heavy atom. The smallest absolute Gasteiger partial charge is 0.244 e. The molecule has 1 amide bonds. The highest BCUT2D eigenvalue weighted by molar-refractivity contribution is 5.77. The standard InChI is InChI=1S/C18H21N5O/c1-13-10-20-23(11-13)12-18(24)22-7-4-14(5-8-22)16-9-17-15(21-16)3-2-6-19-17/h2-3,6,9-11,14,21H,4-5,7-8,12H2,1H3. The summed E-state index contributed by atoms with van der Waals surface area (Å²) in [6.07, 6.45) is 7.47. The summed E-state index contributed by atoms with van der Waals surface area (Å²) in [4.78, 5) is 22.2. The van der Waals surface area contributed by atoms with Gasteiger partial charge in [0.15, 0.2) is 0 Å². The van der Waals surface area contributed by atoms with E-state index in [0.29, 0.717) is 12.5 Å². The van der Waals surface area contributed by atoms with E-state index in [1.165, 1.54) is 5.69 Å². The number of hydrogen-bond acceptors (Lipinski definition) is 3. The first-order chi connectivity index (χ1) is 11.7. The van der Waals surface area contributed by atoms with Gasteiger partial charge in [0, 0.05) is 37.1 Å². The van der Waals surface area contributed by atoms with Crippen LogP contribution in [0, 0.1) is 6.92 Å². The summed E-state index contributed by atoms with van der Waals surface area (Å²) in [7, 11) is 0. The van der Waals surface area contributed by atoms with Crippen molar-refractivity contribution in [2.24, 2.45) is 0 Å². The third kappa shape index (κ3) is 2.91. The quantitative estimate of drug-likeness (QED) is 0.805. The number of nitrogens with zero attached hydrogens (tertiary/aromatic N) is 4. The van der Waals surface area contributed by atoms with Crippen LogP contribution in [0.1, 0.15) is 30.0 Å². The molecule has 1 N–H and O–H groups in total. The molecular formula is C18H21N5O. The molecule has 0 atom stereocenters. The molecule has 3 aromatic rings. The lowest BCUT2D eigenvalue weighted by molar-refractivity contribution is -0.133. The van der Waals surface area contributed by atoms with Crippen LogP contribution in [0.25, 0.3) is 11.0 Å². The first-order valence-electron chi connectivity index (χ1n) is 8.39. The number of pyridine rings is 1. The molecule has 0 spiro atoms. The van der Waals surface area contributed by atoms with Crippen LogP contribution in [0.5, 0.6) is 0 Å². The maximum atomic E-state index is 12.4. The Bertz CT molecular complexity index is 824. The number of amides is 1. The van der Waals surface area contributed by atoms with E-state index in [4.69, 9.17) is 0 Å². The number of aromatic nitrogens is 4. The van der Waals surface area contributed by atoms with E-state index in [1.54, 1.807) is 10.9 Å². The molecule has 3 aromatic heterocycles. The molecule has 6 heteroatoms. The number of fused-ring (bicyclic) bond motifs is 1. The van der Waals surface area contributed by atoms with Crippen LogP contribution in [0.2, 0.25) is 0 Å². The maximum absolute atomic E-state index is 12.4. The summed E-state index contributed by atoms with van der Waals surface area (Å²) in [5.74, 6) is 0.616. The summed E-state index contributed by atoms with van der Waals surface area (Å²) in [6, 6.07) is 6.14. The minimum Gasteiger partial charge on any atom is -0.357 e. The third-order valence-electron chi connectivity index (χ3n) is 4.76.